The molecule has 2 heterocycles. The molecule has 3 aliphatic rings. The maximum atomic E-state index is 13.0. The summed E-state index contributed by atoms with van der Waals surface area (Å²) in [7, 11) is 0. The summed E-state index contributed by atoms with van der Waals surface area (Å²) < 4.78 is 39.9. The number of halogens is 2. The summed E-state index contributed by atoms with van der Waals surface area (Å²) in [5.74, 6) is -0.522. The summed E-state index contributed by atoms with van der Waals surface area (Å²) in [5.41, 5.74) is 0.372. The first kappa shape index (κ1) is 22.2. The largest absolute Gasteiger partial charge is 0.586 e. The van der Waals surface area contributed by atoms with Crippen LogP contribution in [-0.2, 0) is 19.4 Å². The van der Waals surface area contributed by atoms with Gasteiger partial charge in [-0.25, -0.2) is 9.78 Å². The van der Waals surface area contributed by atoms with Gasteiger partial charge in [0.1, 0.15) is 12.0 Å². The van der Waals surface area contributed by atoms with Crippen molar-refractivity contribution in [3.63, 3.8) is 0 Å². The van der Waals surface area contributed by atoms with Crippen LogP contribution in [0, 0.1) is 5.92 Å². The van der Waals surface area contributed by atoms with E-state index in [0.29, 0.717) is 24.6 Å². The Morgan fingerprint density at radius 2 is 2.00 bits per heavy atom. The first-order valence-electron chi connectivity index (χ1n) is 10.1. The number of rotatable bonds is 9. The van der Waals surface area contributed by atoms with Crippen LogP contribution < -0.4 is 30.2 Å². The lowest BCUT2D eigenvalue weighted by Gasteiger charge is -2.28. The minimum absolute atomic E-state index is 0.120. The zero-order valence-electron chi connectivity index (χ0n) is 17.0. The Hall–Kier alpha value is -2.96. The first-order chi connectivity index (χ1) is 15.3. The van der Waals surface area contributed by atoms with Crippen LogP contribution in [0.25, 0.3) is 0 Å². The standard InChI is InChI=1S/C20H23F2N3O7/c1-11(6-7-23-18(27)16-9-24-19(32-31-16)12-2-3-12)25-17(26)10-28-13-4-5-14-15(8-13)30-20(21,22)29-14/h4-5,8,12,16,19,24H,1-3,6-7,9-10H2,(H,23,27)(H,25,26). The Morgan fingerprint density at radius 1 is 1.22 bits per heavy atom. The van der Waals surface area contributed by atoms with Crippen LogP contribution in [0.4, 0.5) is 8.78 Å². The molecule has 2 atom stereocenters. The van der Waals surface area contributed by atoms with Crippen molar-refractivity contribution in [3.05, 3.63) is 30.5 Å². The van der Waals surface area contributed by atoms with E-state index in [1.165, 1.54) is 18.2 Å². The molecule has 0 spiro atoms. The van der Waals surface area contributed by atoms with Gasteiger partial charge in [0.15, 0.2) is 24.2 Å². The van der Waals surface area contributed by atoms with Gasteiger partial charge in [-0.15, -0.1) is 8.78 Å². The molecule has 4 rings (SSSR count). The van der Waals surface area contributed by atoms with E-state index < -0.39 is 18.3 Å². The Labute approximate surface area is 182 Å². The zero-order valence-corrected chi connectivity index (χ0v) is 17.0. The van der Waals surface area contributed by atoms with Gasteiger partial charge in [0.05, 0.1) is 0 Å². The van der Waals surface area contributed by atoms with Gasteiger partial charge in [0.2, 0.25) is 0 Å². The van der Waals surface area contributed by atoms with E-state index in [-0.39, 0.29) is 42.5 Å². The minimum Gasteiger partial charge on any atom is -0.484 e. The summed E-state index contributed by atoms with van der Waals surface area (Å²) in [5, 5.41) is 8.36. The van der Waals surface area contributed by atoms with Crippen LogP contribution in [0.2, 0.25) is 0 Å². The Kier molecular flexibility index (Phi) is 6.44. The molecule has 10 nitrogen and oxygen atoms in total. The molecule has 1 aromatic carbocycles. The molecule has 0 radical (unpaired) electrons. The summed E-state index contributed by atoms with van der Waals surface area (Å²) in [6, 6.07) is 3.83. The highest BCUT2D eigenvalue weighted by atomic mass is 19.3. The van der Waals surface area contributed by atoms with E-state index in [9.17, 15) is 18.4 Å². The fourth-order valence-corrected chi connectivity index (χ4v) is 3.11. The normalized spacial score (nSPS) is 23.3. The van der Waals surface area contributed by atoms with E-state index in [1.54, 1.807) is 0 Å². The van der Waals surface area contributed by atoms with Crippen molar-refractivity contribution in [2.45, 2.75) is 37.9 Å². The lowest BCUT2D eigenvalue weighted by atomic mass is 10.2. The Morgan fingerprint density at radius 3 is 2.72 bits per heavy atom. The van der Waals surface area contributed by atoms with Crippen molar-refractivity contribution in [2.75, 3.05) is 19.7 Å². The zero-order chi connectivity index (χ0) is 22.7. The summed E-state index contributed by atoms with van der Waals surface area (Å²) in [6.07, 6.45) is -2.16. The second-order valence-electron chi connectivity index (χ2n) is 7.60. The Bertz CT molecular complexity index is 886. The number of carbonyl (C=O) groups is 2. The third kappa shape index (κ3) is 5.84. The maximum Gasteiger partial charge on any atom is 0.586 e. The molecule has 1 aromatic rings. The van der Waals surface area contributed by atoms with Crippen molar-refractivity contribution >= 4 is 11.8 Å². The molecule has 12 heteroatoms. The summed E-state index contributed by atoms with van der Waals surface area (Å²) in [4.78, 5) is 34.5. The van der Waals surface area contributed by atoms with Crippen molar-refractivity contribution in [1.82, 2.24) is 16.0 Å². The van der Waals surface area contributed by atoms with Gasteiger partial charge in [-0.2, -0.15) is 0 Å². The number of alkyl halides is 2. The van der Waals surface area contributed by atoms with Gasteiger partial charge < -0.3 is 24.8 Å². The van der Waals surface area contributed by atoms with E-state index in [0.717, 1.165) is 12.8 Å². The van der Waals surface area contributed by atoms with E-state index in [1.807, 2.05) is 0 Å². The Balaban J connectivity index is 1.11. The number of hydrogen-bond donors (Lipinski definition) is 3. The number of benzene rings is 1. The van der Waals surface area contributed by atoms with Gasteiger partial charge in [-0.3, -0.25) is 14.9 Å². The van der Waals surface area contributed by atoms with Crippen LogP contribution in [0.5, 0.6) is 17.2 Å². The lowest BCUT2D eigenvalue weighted by Crippen LogP contribution is -2.52. The van der Waals surface area contributed by atoms with Crippen LogP contribution >= 0.6 is 0 Å². The molecule has 2 unspecified atom stereocenters. The molecule has 32 heavy (non-hydrogen) atoms. The quantitative estimate of drug-likeness (QED) is 0.476. The first-order valence-corrected chi connectivity index (χ1v) is 10.1. The van der Waals surface area contributed by atoms with E-state index in [4.69, 9.17) is 14.5 Å². The fourth-order valence-electron chi connectivity index (χ4n) is 3.11. The second-order valence-corrected chi connectivity index (χ2v) is 7.60. The molecular formula is C20H23F2N3O7. The molecule has 2 amide bonds. The van der Waals surface area contributed by atoms with Crippen LogP contribution in [0.3, 0.4) is 0 Å². The highest BCUT2D eigenvalue weighted by Crippen LogP contribution is 2.42. The average molecular weight is 455 g/mol. The van der Waals surface area contributed by atoms with Crippen LogP contribution in [-0.4, -0.2) is 50.1 Å². The predicted octanol–water partition coefficient (Wildman–Crippen LogP) is 1.18. The van der Waals surface area contributed by atoms with Gasteiger partial charge in [-0.05, 0) is 25.0 Å². The lowest BCUT2D eigenvalue weighted by molar-refractivity contribution is -0.371. The van der Waals surface area contributed by atoms with Gasteiger partial charge in [0.25, 0.3) is 11.8 Å². The minimum atomic E-state index is -3.73. The monoisotopic (exact) mass is 455 g/mol. The molecule has 1 aliphatic carbocycles. The average Bonchev–Trinajstić information content (AvgIpc) is 3.54. The molecule has 0 bridgehead atoms. The number of carbonyl (C=O) groups excluding carboxylic acids is 2. The highest BCUT2D eigenvalue weighted by Gasteiger charge is 2.43. The number of fused-ring (bicyclic) bond motifs is 1. The number of nitrogens with one attached hydrogen (secondary N) is 3. The molecule has 1 saturated heterocycles. The topological polar surface area (TPSA) is 116 Å². The number of amides is 2. The maximum absolute atomic E-state index is 13.0. The van der Waals surface area contributed by atoms with Crippen molar-refractivity contribution in [2.24, 2.45) is 5.92 Å². The summed E-state index contributed by atoms with van der Waals surface area (Å²) in [6.45, 7) is 3.96. The van der Waals surface area contributed by atoms with Crippen LogP contribution in [0.1, 0.15) is 19.3 Å². The van der Waals surface area contributed by atoms with E-state index >= 15 is 0 Å². The molecule has 1 saturated carbocycles. The smallest absolute Gasteiger partial charge is 0.484 e. The third-order valence-electron chi connectivity index (χ3n) is 4.91. The summed E-state index contributed by atoms with van der Waals surface area (Å²) >= 11 is 0. The van der Waals surface area contributed by atoms with E-state index in [2.05, 4.69) is 32.0 Å². The highest BCUT2D eigenvalue weighted by molar-refractivity contribution is 5.81. The molecule has 174 valence electrons. The third-order valence-corrected chi connectivity index (χ3v) is 4.91. The molecular weight excluding hydrogens is 432 g/mol. The fraction of sp³-hybridized carbons (Fsp3) is 0.500. The SMILES string of the molecule is C=C(CCNC(=O)C1CNC(C2CC2)OO1)NC(=O)COc1ccc2c(c1)OC(F)(F)O2. The van der Waals surface area contributed by atoms with Gasteiger partial charge >= 0.3 is 6.29 Å². The molecule has 2 fully saturated rings. The second kappa shape index (κ2) is 9.27. The number of ether oxygens (including phenoxy) is 3. The van der Waals surface area contributed by atoms with Gasteiger partial charge in [0, 0.05) is 37.2 Å². The van der Waals surface area contributed by atoms with Crippen LogP contribution in [0.15, 0.2) is 30.5 Å². The number of hydrogen-bond acceptors (Lipinski definition) is 8. The van der Waals surface area contributed by atoms with Crippen molar-refractivity contribution in [1.29, 1.82) is 0 Å². The van der Waals surface area contributed by atoms with Gasteiger partial charge in [-0.1, -0.05) is 6.58 Å². The van der Waals surface area contributed by atoms with Crippen molar-refractivity contribution in [3.8, 4) is 17.2 Å². The molecule has 3 N–H and O–H groups in total. The molecule has 0 aromatic heterocycles. The predicted molar refractivity (Wildman–Crippen MR) is 104 cm³/mol. The van der Waals surface area contributed by atoms with Crippen molar-refractivity contribution < 1.29 is 42.4 Å². The molecule has 2 aliphatic heterocycles.